The topological polar surface area (TPSA) is 61.8 Å². The first kappa shape index (κ1) is 13.3. The van der Waals surface area contributed by atoms with Crippen LogP contribution in [0.5, 0.6) is 0 Å². The summed E-state index contributed by atoms with van der Waals surface area (Å²) in [4.78, 5) is 2.23. The second-order valence-corrected chi connectivity index (χ2v) is 5.29. The molecule has 0 aromatic carbocycles. The van der Waals surface area contributed by atoms with E-state index >= 15 is 0 Å². The Kier molecular flexibility index (Phi) is 4.59. The van der Waals surface area contributed by atoms with Crippen LogP contribution in [0, 0.1) is 11.8 Å². The molecule has 4 heteroatoms. The standard InChI is InChI=1S/C12H25N3O/c1-8-5-6-11(7-9(8)2)15(4)10(3)12(13)14-16/h8-11,16H,5-7H2,1-4H3,(H2,13,14). The lowest BCUT2D eigenvalue weighted by Crippen LogP contribution is -2.48. The van der Waals surface area contributed by atoms with Crippen molar-refractivity contribution in [2.45, 2.75) is 52.1 Å². The highest BCUT2D eigenvalue weighted by Gasteiger charge is 2.29. The molecule has 0 aromatic rings. The Morgan fingerprint density at radius 3 is 2.50 bits per heavy atom. The molecule has 94 valence electrons. The molecule has 3 N–H and O–H groups in total. The van der Waals surface area contributed by atoms with Gasteiger partial charge in [-0.05, 0) is 45.1 Å². The molecule has 0 spiro atoms. The molecule has 4 unspecified atom stereocenters. The summed E-state index contributed by atoms with van der Waals surface area (Å²) in [6, 6.07) is 0.567. The summed E-state index contributed by atoms with van der Waals surface area (Å²) < 4.78 is 0. The number of nitrogens with two attached hydrogens (primary N) is 1. The van der Waals surface area contributed by atoms with E-state index in [9.17, 15) is 0 Å². The van der Waals surface area contributed by atoms with Crippen LogP contribution < -0.4 is 5.73 Å². The number of hydrogen-bond acceptors (Lipinski definition) is 3. The maximum absolute atomic E-state index is 8.68. The summed E-state index contributed by atoms with van der Waals surface area (Å²) in [7, 11) is 2.07. The van der Waals surface area contributed by atoms with Gasteiger partial charge in [0.1, 0.15) is 0 Å². The van der Waals surface area contributed by atoms with Crippen LogP contribution in [-0.2, 0) is 0 Å². The van der Waals surface area contributed by atoms with Gasteiger partial charge in [-0.25, -0.2) is 0 Å². The van der Waals surface area contributed by atoms with Gasteiger partial charge >= 0.3 is 0 Å². The van der Waals surface area contributed by atoms with Crippen LogP contribution in [0.15, 0.2) is 5.16 Å². The predicted octanol–water partition coefficient (Wildman–Crippen LogP) is 1.88. The van der Waals surface area contributed by atoms with Crippen molar-refractivity contribution in [3.05, 3.63) is 0 Å². The summed E-state index contributed by atoms with van der Waals surface area (Å²) in [6.45, 7) is 6.63. The van der Waals surface area contributed by atoms with Crippen molar-refractivity contribution < 1.29 is 5.21 Å². The molecule has 0 amide bonds. The molecule has 0 radical (unpaired) electrons. The Labute approximate surface area is 98.5 Å². The van der Waals surface area contributed by atoms with E-state index in [1.165, 1.54) is 19.3 Å². The molecule has 4 atom stereocenters. The molecule has 0 bridgehead atoms. The quantitative estimate of drug-likeness (QED) is 0.335. The molecule has 0 aliphatic heterocycles. The van der Waals surface area contributed by atoms with E-state index in [-0.39, 0.29) is 6.04 Å². The van der Waals surface area contributed by atoms with Gasteiger partial charge in [0, 0.05) is 6.04 Å². The summed E-state index contributed by atoms with van der Waals surface area (Å²) in [5, 5.41) is 11.8. The molecule has 1 rings (SSSR count). The first-order valence-electron chi connectivity index (χ1n) is 6.16. The molecular weight excluding hydrogens is 202 g/mol. The van der Waals surface area contributed by atoms with Gasteiger partial charge in [-0.2, -0.15) is 0 Å². The Morgan fingerprint density at radius 1 is 1.38 bits per heavy atom. The van der Waals surface area contributed by atoms with E-state index in [0.717, 1.165) is 11.8 Å². The van der Waals surface area contributed by atoms with Crippen molar-refractivity contribution in [2.24, 2.45) is 22.7 Å². The minimum absolute atomic E-state index is 0.00982. The van der Waals surface area contributed by atoms with E-state index in [1.807, 2.05) is 6.92 Å². The van der Waals surface area contributed by atoms with Gasteiger partial charge in [0.15, 0.2) is 5.84 Å². The first-order chi connectivity index (χ1) is 7.47. The number of nitrogens with zero attached hydrogens (tertiary/aromatic N) is 2. The van der Waals surface area contributed by atoms with Crippen molar-refractivity contribution in [3.63, 3.8) is 0 Å². The fourth-order valence-electron chi connectivity index (χ4n) is 2.50. The van der Waals surface area contributed by atoms with Gasteiger partial charge in [0.05, 0.1) is 6.04 Å². The fourth-order valence-corrected chi connectivity index (χ4v) is 2.50. The second kappa shape index (κ2) is 5.53. The lowest BCUT2D eigenvalue weighted by molar-refractivity contribution is 0.120. The zero-order chi connectivity index (χ0) is 12.3. The molecule has 4 nitrogen and oxygen atoms in total. The van der Waals surface area contributed by atoms with Crippen LogP contribution in [0.25, 0.3) is 0 Å². The normalized spacial score (nSPS) is 34.1. The maximum Gasteiger partial charge on any atom is 0.156 e. The lowest BCUT2D eigenvalue weighted by atomic mass is 9.78. The minimum atomic E-state index is 0.00982. The summed E-state index contributed by atoms with van der Waals surface area (Å²) in [5.41, 5.74) is 5.64. The third-order valence-electron chi connectivity index (χ3n) is 4.30. The molecule has 1 aliphatic rings. The van der Waals surface area contributed by atoms with Crippen LogP contribution in [0.2, 0.25) is 0 Å². The Bertz CT molecular complexity index is 255. The smallest absolute Gasteiger partial charge is 0.156 e. The van der Waals surface area contributed by atoms with Crippen molar-refractivity contribution in [1.29, 1.82) is 0 Å². The minimum Gasteiger partial charge on any atom is -0.409 e. The third kappa shape index (κ3) is 2.88. The van der Waals surface area contributed by atoms with E-state index in [0.29, 0.717) is 11.9 Å². The highest BCUT2D eigenvalue weighted by molar-refractivity contribution is 5.84. The summed E-state index contributed by atoms with van der Waals surface area (Å²) in [5.74, 6) is 1.89. The molecule has 0 heterocycles. The molecule has 16 heavy (non-hydrogen) atoms. The summed E-state index contributed by atoms with van der Waals surface area (Å²) >= 11 is 0. The largest absolute Gasteiger partial charge is 0.409 e. The monoisotopic (exact) mass is 227 g/mol. The first-order valence-corrected chi connectivity index (χ1v) is 6.16. The van der Waals surface area contributed by atoms with Crippen molar-refractivity contribution >= 4 is 5.84 Å². The second-order valence-electron chi connectivity index (χ2n) is 5.29. The van der Waals surface area contributed by atoms with Crippen LogP contribution in [0.1, 0.15) is 40.0 Å². The SMILES string of the molecule is CC1CCC(N(C)C(C)C(N)=NO)CC1C. The number of rotatable bonds is 3. The third-order valence-corrected chi connectivity index (χ3v) is 4.30. The van der Waals surface area contributed by atoms with Gasteiger partial charge in [-0.15, -0.1) is 0 Å². The average Bonchev–Trinajstić information content (AvgIpc) is 2.29. The van der Waals surface area contributed by atoms with Gasteiger partial charge in [0.25, 0.3) is 0 Å². The van der Waals surface area contributed by atoms with Crippen LogP contribution in [0.4, 0.5) is 0 Å². The lowest BCUT2D eigenvalue weighted by Gasteiger charge is -2.39. The number of oxime groups is 1. The number of likely N-dealkylation sites (N-methyl/N-ethyl adjacent to an activating group) is 1. The van der Waals surface area contributed by atoms with Crippen LogP contribution in [0.3, 0.4) is 0 Å². The van der Waals surface area contributed by atoms with Gasteiger partial charge in [-0.3, -0.25) is 4.90 Å². The molecule has 0 aromatic heterocycles. The van der Waals surface area contributed by atoms with Crippen LogP contribution >= 0.6 is 0 Å². The zero-order valence-corrected chi connectivity index (χ0v) is 10.8. The maximum atomic E-state index is 8.68. The Hall–Kier alpha value is -0.770. The van der Waals surface area contributed by atoms with Gasteiger partial charge in [0.2, 0.25) is 0 Å². The fraction of sp³-hybridized carbons (Fsp3) is 0.917. The molecule has 1 aliphatic carbocycles. The Morgan fingerprint density at radius 2 is 2.00 bits per heavy atom. The van der Waals surface area contributed by atoms with Crippen molar-refractivity contribution in [3.8, 4) is 0 Å². The van der Waals surface area contributed by atoms with Crippen molar-refractivity contribution in [2.75, 3.05) is 7.05 Å². The molecular formula is C12H25N3O. The predicted molar refractivity (Wildman–Crippen MR) is 66.6 cm³/mol. The van der Waals surface area contributed by atoms with E-state index in [1.54, 1.807) is 0 Å². The molecule has 1 fully saturated rings. The van der Waals surface area contributed by atoms with Gasteiger partial charge in [-0.1, -0.05) is 19.0 Å². The summed E-state index contributed by atoms with van der Waals surface area (Å²) in [6.07, 6.45) is 3.70. The zero-order valence-electron chi connectivity index (χ0n) is 10.8. The van der Waals surface area contributed by atoms with E-state index in [2.05, 4.69) is 31.0 Å². The van der Waals surface area contributed by atoms with Crippen molar-refractivity contribution in [1.82, 2.24) is 4.90 Å². The number of amidine groups is 1. The molecule has 1 saturated carbocycles. The average molecular weight is 227 g/mol. The van der Waals surface area contributed by atoms with E-state index in [4.69, 9.17) is 10.9 Å². The highest BCUT2D eigenvalue weighted by atomic mass is 16.4. The molecule has 0 saturated heterocycles. The van der Waals surface area contributed by atoms with Gasteiger partial charge < -0.3 is 10.9 Å². The number of hydrogen-bond donors (Lipinski definition) is 2. The Balaban J connectivity index is 2.58. The van der Waals surface area contributed by atoms with E-state index < -0.39 is 0 Å². The van der Waals surface area contributed by atoms with Crippen LogP contribution in [-0.4, -0.2) is 35.1 Å². The highest BCUT2D eigenvalue weighted by Crippen LogP contribution is 2.32.